The van der Waals surface area contributed by atoms with Crippen molar-refractivity contribution < 1.29 is 14.3 Å². The van der Waals surface area contributed by atoms with E-state index in [-0.39, 0.29) is 17.9 Å². The minimum Gasteiger partial charge on any atom is -0.496 e. The van der Waals surface area contributed by atoms with E-state index in [1.54, 1.807) is 7.11 Å². The van der Waals surface area contributed by atoms with E-state index in [2.05, 4.69) is 5.32 Å². The molecule has 2 amide bonds. The SMILES string of the molecule is COc1ccccc1CC(=O)N1CCC(NC(=O)C2(c3cccc(Cl)c3)CCC2)CC1. The van der Waals surface area contributed by atoms with E-state index < -0.39 is 5.41 Å². The zero-order valence-electron chi connectivity index (χ0n) is 17.9. The summed E-state index contributed by atoms with van der Waals surface area (Å²) in [6, 6.07) is 15.4. The Morgan fingerprint density at radius 3 is 2.52 bits per heavy atom. The lowest BCUT2D eigenvalue weighted by molar-refractivity contribution is -0.132. The Kier molecular flexibility index (Phi) is 6.51. The molecule has 0 bridgehead atoms. The molecule has 1 aliphatic heterocycles. The highest BCUT2D eigenvalue weighted by Crippen LogP contribution is 2.44. The summed E-state index contributed by atoms with van der Waals surface area (Å²) in [5.74, 6) is 0.938. The van der Waals surface area contributed by atoms with Crippen molar-refractivity contribution in [1.82, 2.24) is 10.2 Å². The van der Waals surface area contributed by atoms with Crippen molar-refractivity contribution in [2.24, 2.45) is 0 Å². The molecule has 1 aliphatic carbocycles. The van der Waals surface area contributed by atoms with Gasteiger partial charge in [-0.2, -0.15) is 0 Å². The molecule has 1 saturated carbocycles. The number of ether oxygens (including phenoxy) is 1. The van der Waals surface area contributed by atoms with Crippen molar-refractivity contribution in [3.05, 3.63) is 64.7 Å². The summed E-state index contributed by atoms with van der Waals surface area (Å²) in [6.45, 7) is 1.31. The first kappa shape index (κ1) is 21.7. The van der Waals surface area contributed by atoms with Gasteiger partial charge in [0.1, 0.15) is 5.75 Å². The number of carbonyl (C=O) groups excluding carboxylic acids is 2. The third-order valence-corrected chi connectivity index (χ3v) is 6.97. The lowest BCUT2D eigenvalue weighted by Crippen LogP contribution is -2.54. The molecule has 0 aromatic heterocycles. The number of amides is 2. The fourth-order valence-corrected chi connectivity index (χ4v) is 4.87. The first-order chi connectivity index (χ1) is 15.0. The second kappa shape index (κ2) is 9.31. The molecule has 2 aromatic rings. The van der Waals surface area contributed by atoms with Crippen molar-refractivity contribution in [2.75, 3.05) is 20.2 Å². The van der Waals surface area contributed by atoms with Crippen molar-refractivity contribution in [2.45, 2.75) is 50.0 Å². The molecule has 4 rings (SSSR count). The molecule has 2 aliphatic rings. The Morgan fingerprint density at radius 2 is 1.87 bits per heavy atom. The molecule has 0 spiro atoms. The molecule has 1 saturated heterocycles. The van der Waals surface area contributed by atoms with Crippen LogP contribution in [0.15, 0.2) is 48.5 Å². The van der Waals surface area contributed by atoms with Crippen LogP contribution in [0, 0.1) is 0 Å². The third-order valence-electron chi connectivity index (χ3n) is 6.74. The molecule has 2 aromatic carbocycles. The van der Waals surface area contributed by atoms with Crippen molar-refractivity contribution in [3.63, 3.8) is 0 Å². The molecule has 164 valence electrons. The first-order valence-electron chi connectivity index (χ1n) is 11.0. The summed E-state index contributed by atoms with van der Waals surface area (Å²) in [5.41, 5.74) is 1.45. The molecule has 1 N–H and O–H groups in total. The van der Waals surface area contributed by atoms with E-state index in [1.807, 2.05) is 53.4 Å². The van der Waals surface area contributed by atoms with Crippen LogP contribution in [0.3, 0.4) is 0 Å². The normalized spacial score (nSPS) is 18.2. The average molecular weight is 441 g/mol. The van der Waals surface area contributed by atoms with Crippen molar-refractivity contribution >= 4 is 23.4 Å². The number of methoxy groups -OCH3 is 1. The molecule has 31 heavy (non-hydrogen) atoms. The minimum absolute atomic E-state index is 0.0967. The van der Waals surface area contributed by atoms with Crippen LogP contribution in [0.25, 0.3) is 0 Å². The molecule has 2 fully saturated rings. The van der Waals surface area contributed by atoms with Crippen LogP contribution in [0.4, 0.5) is 0 Å². The predicted molar refractivity (Wildman–Crippen MR) is 121 cm³/mol. The first-order valence-corrected chi connectivity index (χ1v) is 11.4. The van der Waals surface area contributed by atoms with E-state index in [9.17, 15) is 9.59 Å². The Hall–Kier alpha value is -2.53. The van der Waals surface area contributed by atoms with E-state index in [0.29, 0.717) is 24.5 Å². The van der Waals surface area contributed by atoms with Gasteiger partial charge in [-0.25, -0.2) is 0 Å². The van der Waals surface area contributed by atoms with Gasteiger partial charge in [-0.15, -0.1) is 0 Å². The summed E-state index contributed by atoms with van der Waals surface area (Å²) < 4.78 is 5.36. The number of para-hydroxylation sites is 1. The van der Waals surface area contributed by atoms with Crippen LogP contribution < -0.4 is 10.1 Å². The number of piperidine rings is 1. The highest BCUT2D eigenvalue weighted by atomic mass is 35.5. The summed E-state index contributed by atoms with van der Waals surface area (Å²) in [7, 11) is 1.62. The number of carbonyl (C=O) groups is 2. The van der Waals surface area contributed by atoms with Gasteiger partial charge in [-0.3, -0.25) is 9.59 Å². The fourth-order valence-electron chi connectivity index (χ4n) is 4.68. The molecule has 0 atom stereocenters. The smallest absolute Gasteiger partial charge is 0.230 e. The zero-order chi connectivity index (χ0) is 21.8. The van der Waals surface area contributed by atoms with Crippen LogP contribution in [0.1, 0.15) is 43.2 Å². The highest BCUT2D eigenvalue weighted by molar-refractivity contribution is 6.30. The van der Waals surface area contributed by atoms with Gasteiger partial charge in [0, 0.05) is 29.7 Å². The largest absolute Gasteiger partial charge is 0.496 e. The molecule has 1 heterocycles. The molecule has 0 unspecified atom stereocenters. The van der Waals surface area contributed by atoms with E-state index in [0.717, 1.165) is 49.0 Å². The third kappa shape index (κ3) is 4.57. The topological polar surface area (TPSA) is 58.6 Å². The van der Waals surface area contributed by atoms with Gasteiger partial charge < -0.3 is 15.0 Å². The number of nitrogens with one attached hydrogen (secondary N) is 1. The van der Waals surface area contributed by atoms with Gasteiger partial charge in [0.05, 0.1) is 18.9 Å². The lowest BCUT2D eigenvalue weighted by Gasteiger charge is -2.42. The summed E-state index contributed by atoms with van der Waals surface area (Å²) in [4.78, 5) is 27.9. The number of hydrogen-bond acceptors (Lipinski definition) is 3. The average Bonchev–Trinajstić information content (AvgIpc) is 2.74. The molecular formula is C25H29ClN2O3. The van der Waals surface area contributed by atoms with Gasteiger partial charge in [-0.05, 0) is 49.4 Å². The van der Waals surface area contributed by atoms with Gasteiger partial charge in [0.25, 0.3) is 0 Å². The van der Waals surface area contributed by atoms with E-state index >= 15 is 0 Å². The van der Waals surface area contributed by atoms with Crippen LogP contribution in [-0.4, -0.2) is 43.0 Å². The molecular weight excluding hydrogens is 412 g/mol. The van der Waals surface area contributed by atoms with Crippen molar-refractivity contribution in [3.8, 4) is 5.75 Å². The summed E-state index contributed by atoms with van der Waals surface area (Å²) in [5, 5.41) is 3.93. The second-order valence-corrected chi connectivity index (χ2v) is 9.00. The zero-order valence-corrected chi connectivity index (χ0v) is 18.7. The monoisotopic (exact) mass is 440 g/mol. The number of benzene rings is 2. The van der Waals surface area contributed by atoms with Crippen molar-refractivity contribution in [1.29, 1.82) is 0 Å². The molecule has 0 radical (unpaired) electrons. The van der Waals surface area contributed by atoms with E-state index in [4.69, 9.17) is 16.3 Å². The second-order valence-electron chi connectivity index (χ2n) is 8.56. The van der Waals surface area contributed by atoms with Gasteiger partial charge in [-0.1, -0.05) is 48.4 Å². The molecule has 6 heteroatoms. The van der Waals surface area contributed by atoms with Crippen LogP contribution in [-0.2, 0) is 21.4 Å². The summed E-state index contributed by atoms with van der Waals surface area (Å²) in [6.07, 6.45) is 4.64. The fraction of sp³-hybridized carbons (Fsp3) is 0.440. The van der Waals surface area contributed by atoms with Crippen LogP contribution in [0.5, 0.6) is 5.75 Å². The number of nitrogens with zero attached hydrogens (tertiary/aromatic N) is 1. The predicted octanol–water partition coefficient (Wildman–Crippen LogP) is 4.12. The van der Waals surface area contributed by atoms with Crippen LogP contribution >= 0.6 is 11.6 Å². The minimum atomic E-state index is -0.457. The number of halogens is 1. The lowest BCUT2D eigenvalue weighted by atomic mass is 9.63. The molecule has 5 nitrogen and oxygen atoms in total. The highest BCUT2D eigenvalue weighted by Gasteiger charge is 2.46. The Morgan fingerprint density at radius 1 is 1.13 bits per heavy atom. The van der Waals surface area contributed by atoms with Crippen LogP contribution in [0.2, 0.25) is 5.02 Å². The maximum atomic E-state index is 13.2. The Bertz CT molecular complexity index is 949. The van der Waals surface area contributed by atoms with E-state index in [1.165, 1.54) is 0 Å². The number of hydrogen-bond donors (Lipinski definition) is 1. The quantitative estimate of drug-likeness (QED) is 0.735. The maximum Gasteiger partial charge on any atom is 0.230 e. The van der Waals surface area contributed by atoms with Gasteiger partial charge in [0.15, 0.2) is 0 Å². The van der Waals surface area contributed by atoms with Gasteiger partial charge in [0.2, 0.25) is 11.8 Å². The Labute approximate surface area is 188 Å². The Balaban J connectivity index is 1.33. The number of likely N-dealkylation sites (tertiary alicyclic amines) is 1. The number of rotatable bonds is 6. The summed E-state index contributed by atoms with van der Waals surface area (Å²) >= 11 is 6.17. The van der Waals surface area contributed by atoms with Gasteiger partial charge >= 0.3 is 0 Å². The standard InChI is InChI=1S/C25H29ClN2O3/c1-31-22-9-3-2-6-18(22)16-23(29)28-14-10-21(11-15-28)27-24(30)25(12-5-13-25)19-7-4-8-20(26)17-19/h2-4,6-9,17,21H,5,10-16H2,1H3,(H,27,30). The maximum absolute atomic E-state index is 13.2.